The predicted octanol–water partition coefficient (Wildman–Crippen LogP) is 2.92. The molecular weight excluding hydrogens is 527 g/mol. The second-order valence-corrected chi connectivity index (χ2v) is 12.3. The van der Waals surface area contributed by atoms with E-state index in [1.54, 1.807) is 11.8 Å². The Balaban J connectivity index is 1.84. The molecule has 8 nitrogen and oxygen atoms in total. The number of sulfone groups is 1. The number of morpholine rings is 1. The fourth-order valence-corrected chi connectivity index (χ4v) is 6.53. The van der Waals surface area contributed by atoms with E-state index in [0.29, 0.717) is 44.5 Å². The van der Waals surface area contributed by atoms with Gasteiger partial charge in [-0.2, -0.15) is 13.2 Å². The number of rotatable bonds is 10. The van der Waals surface area contributed by atoms with Crippen LogP contribution in [0.5, 0.6) is 0 Å². The van der Waals surface area contributed by atoms with E-state index in [1.165, 1.54) is 0 Å². The molecule has 0 aliphatic carbocycles. The van der Waals surface area contributed by atoms with Crippen LogP contribution in [0.1, 0.15) is 6.42 Å². The third-order valence-corrected chi connectivity index (χ3v) is 9.05. The minimum absolute atomic E-state index is 0.0181. The molecule has 35 heavy (non-hydrogen) atoms. The van der Waals surface area contributed by atoms with Crippen molar-refractivity contribution in [3.05, 3.63) is 48.5 Å². The number of benzene rings is 2. The quantitative estimate of drug-likeness (QED) is 0.431. The highest BCUT2D eigenvalue weighted by Gasteiger charge is 2.48. The summed E-state index contributed by atoms with van der Waals surface area (Å²) in [6.07, 6.45) is 0.407. The van der Waals surface area contributed by atoms with Crippen molar-refractivity contribution in [2.45, 2.75) is 32.7 Å². The maximum Gasteiger partial charge on any atom is 0.501 e. The SMILES string of the molecule is NS(=O)(=O)c1cccc(S(=O)(=O)C(F)(F)F)c1NCCC(CSc1ccccc1)N1CCOCC1. The van der Waals surface area contributed by atoms with Crippen LogP contribution in [0.4, 0.5) is 18.9 Å². The molecule has 0 spiro atoms. The number of anilines is 1. The van der Waals surface area contributed by atoms with E-state index >= 15 is 0 Å². The molecule has 0 bridgehead atoms. The first kappa shape index (κ1) is 27.7. The van der Waals surface area contributed by atoms with Crippen LogP contribution in [-0.4, -0.2) is 71.9 Å². The van der Waals surface area contributed by atoms with Crippen molar-refractivity contribution in [3.8, 4) is 0 Å². The average Bonchev–Trinajstić information content (AvgIpc) is 2.81. The van der Waals surface area contributed by atoms with Gasteiger partial charge in [0.15, 0.2) is 0 Å². The number of hydrogen-bond donors (Lipinski definition) is 2. The summed E-state index contributed by atoms with van der Waals surface area (Å²) in [7, 11) is -10.3. The summed E-state index contributed by atoms with van der Waals surface area (Å²) in [4.78, 5) is 1.35. The lowest BCUT2D eigenvalue weighted by atomic mass is 10.2. The zero-order valence-corrected chi connectivity index (χ0v) is 21.0. The van der Waals surface area contributed by atoms with Crippen molar-refractivity contribution < 1.29 is 34.7 Å². The maximum atomic E-state index is 13.3. The van der Waals surface area contributed by atoms with E-state index in [9.17, 15) is 30.0 Å². The largest absolute Gasteiger partial charge is 0.501 e. The number of ether oxygens (including phenoxy) is 1. The molecule has 1 atom stereocenters. The molecule has 1 saturated heterocycles. The Morgan fingerprint density at radius 2 is 1.63 bits per heavy atom. The first-order valence-corrected chi connectivity index (χ1v) is 14.6. The summed E-state index contributed by atoms with van der Waals surface area (Å²) < 4.78 is 93.5. The molecule has 1 heterocycles. The lowest BCUT2D eigenvalue weighted by Gasteiger charge is -2.34. The summed E-state index contributed by atoms with van der Waals surface area (Å²) in [5.41, 5.74) is -6.29. The molecule has 1 fully saturated rings. The second kappa shape index (κ2) is 11.5. The van der Waals surface area contributed by atoms with Crippen LogP contribution in [0, 0.1) is 0 Å². The van der Waals surface area contributed by atoms with Gasteiger partial charge in [0.05, 0.1) is 18.9 Å². The fourth-order valence-electron chi connectivity index (χ4n) is 3.66. The molecule has 1 unspecified atom stereocenters. The minimum atomic E-state index is -5.82. The predicted molar refractivity (Wildman–Crippen MR) is 128 cm³/mol. The number of para-hydroxylation sites is 1. The first-order chi connectivity index (χ1) is 16.4. The first-order valence-electron chi connectivity index (χ1n) is 10.6. The Hall–Kier alpha value is -1.84. The molecule has 0 amide bonds. The van der Waals surface area contributed by atoms with E-state index in [0.717, 1.165) is 17.0 Å². The zero-order chi connectivity index (χ0) is 25.7. The van der Waals surface area contributed by atoms with E-state index < -0.39 is 40.8 Å². The number of nitrogens with two attached hydrogens (primary N) is 1. The molecule has 1 aliphatic rings. The average molecular weight is 554 g/mol. The Morgan fingerprint density at radius 1 is 1.00 bits per heavy atom. The van der Waals surface area contributed by atoms with Gasteiger partial charge >= 0.3 is 5.51 Å². The number of primary sulfonamides is 1. The van der Waals surface area contributed by atoms with Crippen LogP contribution in [0.3, 0.4) is 0 Å². The van der Waals surface area contributed by atoms with Crippen LogP contribution >= 0.6 is 11.8 Å². The van der Waals surface area contributed by atoms with Crippen molar-refractivity contribution in [1.29, 1.82) is 0 Å². The smallest absolute Gasteiger partial charge is 0.383 e. The molecule has 2 aromatic rings. The molecular formula is C21H26F3N3O5S3. The molecule has 1 aliphatic heterocycles. The lowest BCUT2D eigenvalue weighted by Crippen LogP contribution is -2.45. The van der Waals surface area contributed by atoms with Crippen molar-refractivity contribution in [1.82, 2.24) is 4.90 Å². The normalized spacial score (nSPS) is 16.7. The van der Waals surface area contributed by atoms with E-state index in [1.807, 2.05) is 30.3 Å². The van der Waals surface area contributed by atoms with Gasteiger partial charge in [0, 0.05) is 36.3 Å². The van der Waals surface area contributed by atoms with Gasteiger partial charge in [0.1, 0.15) is 9.79 Å². The summed E-state index contributed by atoms with van der Waals surface area (Å²) in [5, 5.41) is 7.80. The summed E-state index contributed by atoms with van der Waals surface area (Å²) in [5.74, 6) is 0.663. The topological polar surface area (TPSA) is 119 Å². The Kier molecular flexibility index (Phi) is 9.10. The summed E-state index contributed by atoms with van der Waals surface area (Å²) in [6, 6.07) is 12.2. The van der Waals surface area contributed by atoms with Gasteiger partial charge < -0.3 is 10.1 Å². The molecule has 194 valence electrons. The number of alkyl halides is 3. The lowest BCUT2D eigenvalue weighted by molar-refractivity contribution is -0.0435. The number of halogens is 3. The third-order valence-electron chi connectivity index (χ3n) is 5.42. The Bertz CT molecular complexity index is 1200. The number of sulfonamides is 1. The van der Waals surface area contributed by atoms with Crippen molar-refractivity contribution >= 4 is 37.3 Å². The highest BCUT2D eigenvalue weighted by atomic mass is 32.2. The van der Waals surface area contributed by atoms with Gasteiger partial charge in [-0.25, -0.2) is 22.0 Å². The molecule has 3 rings (SSSR count). The molecule has 0 saturated carbocycles. The minimum Gasteiger partial charge on any atom is -0.383 e. The van der Waals surface area contributed by atoms with E-state index in [4.69, 9.17) is 9.88 Å². The van der Waals surface area contributed by atoms with Gasteiger partial charge in [0.2, 0.25) is 10.0 Å². The van der Waals surface area contributed by atoms with Crippen LogP contribution in [-0.2, 0) is 24.6 Å². The number of hydrogen-bond acceptors (Lipinski definition) is 8. The van der Waals surface area contributed by atoms with Crippen molar-refractivity contribution in [2.75, 3.05) is 43.9 Å². The zero-order valence-electron chi connectivity index (χ0n) is 18.6. The summed E-state index contributed by atoms with van der Waals surface area (Å²) in [6.45, 7) is 2.44. The Morgan fingerprint density at radius 3 is 2.23 bits per heavy atom. The highest BCUT2D eigenvalue weighted by molar-refractivity contribution is 7.99. The number of thioether (sulfide) groups is 1. The molecule has 0 aromatic heterocycles. The standard InChI is InChI=1S/C21H26F3N3O5S3/c22-21(23,24)34(28,29)18-7-4-8-19(35(25,30)31)20(18)26-10-9-16(27-11-13-32-14-12-27)15-33-17-5-2-1-3-6-17/h1-8,16,26H,9-15H2,(H2,25,30,31). The van der Waals surface area contributed by atoms with Gasteiger partial charge in [-0.3, -0.25) is 4.90 Å². The van der Waals surface area contributed by atoms with Crippen LogP contribution < -0.4 is 10.5 Å². The highest BCUT2D eigenvalue weighted by Crippen LogP contribution is 2.37. The summed E-state index contributed by atoms with van der Waals surface area (Å²) >= 11 is 1.62. The van der Waals surface area contributed by atoms with Crippen LogP contribution in [0.25, 0.3) is 0 Å². The van der Waals surface area contributed by atoms with Crippen LogP contribution in [0.15, 0.2) is 63.2 Å². The monoisotopic (exact) mass is 553 g/mol. The molecule has 0 radical (unpaired) electrons. The van der Waals surface area contributed by atoms with Crippen LogP contribution in [0.2, 0.25) is 0 Å². The molecule has 14 heteroatoms. The van der Waals surface area contributed by atoms with Gasteiger partial charge in [-0.05, 0) is 30.7 Å². The molecule has 3 N–H and O–H groups in total. The molecule has 2 aromatic carbocycles. The van der Waals surface area contributed by atoms with Gasteiger partial charge in [-0.15, -0.1) is 11.8 Å². The van der Waals surface area contributed by atoms with E-state index in [2.05, 4.69) is 10.2 Å². The van der Waals surface area contributed by atoms with Crippen molar-refractivity contribution in [3.63, 3.8) is 0 Å². The van der Waals surface area contributed by atoms with Gasteiger partial charge in [-0.1, -0.05) is 24.3 Å². The van der Waals surface area contributed by atoms with Crippen molar-refractivity contribution in [2.24, 2.45) is 5.14 Å². The Labute approximate surface area is 207 Å². The van der Waals surface area contributed by atoms with E-state index in [-0.39, 0.29) is 12.6 Å². The van der Waals surface area contributed by atoms with Gasteiger partial charge in [0.25, 0.3) is 9.84 Å². The second-order valence-electron chi connectivity index (χ2n) is 7.77. The number of nitrogens with one attached hydrogen (secondary N) is 1. The maximum absolute atomic E-state index is 13.3. The fraction of sp³-hybridized carbons (Fsp3) is 0.429. The third kappa shape index (κ3) is 7.11. The number of nitrogens with zero attached hydrogens (tertiary/aromatic N) is 1.